The summed E-state index contributed by atoms with van der Waals surface area (Å²) < 4.78 is 10.9. The van der Waals surface area contributed by atoms with Crippen molar-refractivity contribution in [1.82, 2.24) is 0 Å². The van der Waals surface area contributed by atoms with Gasteiger partial charge in [-0.15, -0.1) is 0 Å². The first-order valence-electron chi connectivity index (χ1n) is 8.02. The van der Waals surface area contributed by atoms with E-state index in [1.165, 1.54) is 13.2 Å². The molecule has 2 aromatic carbocycles. The van der Waals surface area contributed by atoms with Crippen LogP contribution < -0.4 is 10.1 Å². The highest BCUT2D eigenvalue weighted by atomic mass is 35.5. The molecule has 134 valence electrons. The number of para-hydroxylation sites is 2. The maximum Gasteiger partial charge on any atom is 0.266 e. The van der Waals surface area contributed by atoms with E-state index in [-0.39, 0.29) is 5.57 Å². The summed E-state index contributed by atoms with van der Waals surface area (Å²) in [5, 5.41) is 12.6. The molecule has 1 amide bonds. The lowest BCUT2D eigenvalue weighted by atomic mass is 10.2. The monoisotopic (exact) mass is 378 g/mol. The van der Waals surface area contributed by atoms with Gasteiger partial charge in [-0.1, -0.05) is 23.7 Å². The van der Waals surface area contributed by atoms with Crippen molar-refractivity contribution >= 4 is 29.3 Å². The molecule has 6 heteroatoms. The number of halogens is 1. The molecule has 1 heterocycles. The number of nitriles is 1. The number of nitrogens with one attached hydrogen (secondary N) is 1. The molecule has 27 heavy (non-hydrogen) atoms. The highest BCUT2D eigenvalue weighted by molar-refractivity contribution is 6.30. The standard InChI is InChI=1S/C21H15ClN2O3/c1-26-20-5-3-2-4-18(20)24-21(25)15(13-23)12-17-10-11-19(27-17)14-6-8-16(22)9-7-14/h2-12H,1H3,(H,24,25)/b15-12-. The zero-order valence-corrected chi connectivity index (χ0v) is 15.2. The van der Waals surface area contributed by atoms with Crippen molar-refractivity contribution in [1.29, 1.82) is 5.26 Å². The lowest BCUT2D eigenvalue weighted by Crippen LogP contribution is -2.14. The first kappa shape index (κ1) is 18.3. The molecule has 0 saturated carbocycles. The third-order valence-electron chi connectivity index (χ3n) is 3.76. The fourth-order valence-electron chi connectivity index (χ4n) is 2.43. The summed E-state index contributed by atoms with van der Waals surface area (Å²) in [6.07, 6.45) is 1.39. The second kappa shape index (κ2) is 8.26. The summed E-state index contributed by atoms with van der Waals surface area (Å²) in [7, 11) is 1.51. The van der Waals surface area contributed by atoms with Crippen LogP contribution in [0, 0.1) is 11.3 Å². The Hall–Kier alpha value is -3.49. The van der Waals surface area contributed by atoms with Gasteiger partial charge < -0.3 is 14.5 Å². The maximum atomic E-state index is 12.4. The molecule has 0 aliphatic rings. The van der Waals surface area contributed by atoms with Crippen LogP contribution >= 0.6 is 11.6 Å². The van der Waals surface area contributed by atoms with Crippen LogP contribution in [0.3, 0.4) is 0 Å². The van der Waals surface area contributed by atoms with E-state index in [9.17, 15) is 10.1 Å². The van der Waals surface area contributed by atoms with E-state index in [1.807, 2.05) is 18.2 Å². The Balaban J connectivity index is 1.81. The lowest BCUT2D eigenvalue weighted by Gasteiger charge is -2.08. The van der Waals surface area contributed by atoms with Crippen LogP contribution in [0.5, 0.6) is 5.75 Å². The molecule has 5 nitrogen and oxygen atoms in total. The molecular weight excluding hydrogens is 364 g/mol. The van der Waals surface area contributed by atoms with E-state index >= 15 is 0 Å². The summed E-state index contributed by atoms with van der Waals surface area (Å²) >= 11 is 5.89. The van der Waals surface area contributed by atoms with Gasteiger partial charge in [-0.2, -0.15) is 5.26 Å². The van der Waals surface area contributed by atoms with E-state index < -0.39 is 5.91 Å². The average Bonchev–Trinajstić information content (AvgIpc) is 3.15. The summed E-state index contributed by atoms with van der Waals surface area (Å²) in [6.45, 7) is 0. The number of methoxy groups -OCH3 is 1. The van der Waals surface area contributed by atoms with E-state index in [1.54, 1.807) is 48.5 Å². The first-order valence-corrected chi connectivity index (χ1v) is 8.40. The van der Waals surface area contributed by atoms with Gasteiger partial charge in [0.1, 0.15) is 28.9 Å². The molecule has 0 spiro atoms. The number of amides is 1. The molecule has 3 rings (SSSR count). The Morgan fingerprint density at radius 1 is 1.15 bits per heavy atom. The van der Waals surface area contributed by atoms with Crippen molar-refractivity contribution in [3.8, 4) is 23.1 Å². The highest BCUT2D eigenvalue weighted by Crippen LogP contribution is 2.26. The van der Waals surface area contributed by atoms with Crippen molar-refractivity contribution in [2.45, 2.75) is 0 Å². The summed E-state index contributed by atoms with van der Waals surface area (Å²) in [4.78, 5) is 12.4. The molecule has 0 atom stereocenters. The van der Waals surface area contributed by atoms with Crippen molar-refractivity contribution in [2.75, 3.05) is 12.4 Å². The number of carbonyl (C=O) groups excluding carboxylic acids is 1. The van der Waals surface area contributed by atoms with Gasteiger partial charge in [0.15, 0.2) is 0 Å². The number of hydrogen-bond donors (Lipinski definition) is 1. The molecule has 3 aromatic rings. The quantitative estimate of drug-likeness (QED) is 0.491. The lowest BCUT2D eigenvalue weighted by molar-refractivity contribution is -0.112. The van der Waals surface area contributed by atoms with Crippen LogP contribution in [0.15, 0.2) is 70.7 Å². The largest absolute Gasteiger partial charge is 0.495 e. The molecule has 0 bridgehead atoms. The third-order valence-corrected chi connectivity index (χ3v) is 4.01. The van der Waals surface area contributed by atoms with Crippen molar-refractivity contribution < 1.29 is 13.9 Å². The van der Waals surface area contributed by atoms with Crippen LogP contribution in [0.2, 0.25) is 5.02 Å². The molecule has 1 aromatic heterocycles. The van der Waals surface area contributed by atoms with Gasteiger partial charge in [-0.25, -0.2) is 0 Å². The van der Waals surface area contributed by atoms with Gasteiger partial charge in [0.25, 0.3) is 5.91 Å². The van der Waals surface area contributed by atoms with E-state index in [4.69, 9.17) is 20.8 Å². The van der Waals surface area contributed by atoms with Crippen molar-refractivity contribution in [3.05, 3.63) is 77.0 Å². The molecular formula is C21H15ClN2O3. The summed E-state index contributed by atoms with van der Waals surface area (Å²) in [5.41, 5.74) is 1.24. The average molecular weight is 379 g/mol. The molecule has 0 unspecified atom stereocenters. The van der Waals surface area contributed by atoms with Crippen LogP contribution in [0.25, 0.3) is 17.4 Å². The summed E-state index contributed by atoms with van der Waals surface area (Å²) in [6, 6.07) is 19.5. The topological polar surface area (TPSA) is 75.3 Å². The zero-order valence-electron chi connectivity index (χ0n) is 14.4. The number of benzene rings is 2. The normalized spacial score (nSPS) is 10.9. The van der Waals surface area contributed by atoms with Crippen molar-refractivity contribution in [3.63, 3.8) is 0 Å². The predicted molar refractivity (Wildman–Crippen MR) is 104 cm³/mol. The van der Waals surface area contributed by atoms with Crippen molar-refractivity contribution in [2.24, 2.45) is 0 Å². The zero-order chi connectivity index (χ0) is 19.2. The Kier molecular flexibility index (Phi) is 5.60. The van der Waals surface area contributed by atoms with Gasteiger partial charge >= 0.3 is 0 Å². The smallest absolute Gasteiger partial charge is 0.266 e. The fraction of sp³-hybridized carbons (Fsp3) is 0.0476. The first-order chi connectivity index (χ1) is 13.1. The molecule has 1 N–H and O–H groups in total. The number of carbonyl (C=O) groups is 1. The molecule has 0 radical (unpaired) electrons. The summed E-state index contributed by atoms with van der Waals surface area (Å²) in [5.74, 6) is 0.963. The number of furan rings is 1. The highest BCUT2D eigenvalue weighted by Gasteiger charge is 2.13. The Morgan fingerprint density at radius 3 is 2.59 bits per heavy atom. The van der Waals surface area contributed by atoms with E-state index in [0.717, 1.165) is 5.56 Å². The number of hydrogen-bond acceptors (Lipinski definition) is 4. The van der Waals surface area contributed by atoms with Crippen LogP contribution in [-0.4, -0.2) is 13.0 Å². The Morgan fingerprint density at radius 2 is 1.89 bits per heavy atom. The van der Waals surface area contributed by atoms with Gasteiger partial charge in [0, 0.05) is 16.7 Å². The molecule has 0 aliphatic carbocycles. The third kappa shape index (κ3) is 4.38. The number of ether oxygens (including phenoxy) is 1. The predicted octanol–water partition coefficient (Wildman–Crippen LogP) is 5.15. The Labute approximate surface area is 161 Å². The Bertz CT molecular complexity index is 1030. The molecule has 0 saturated heterocycles. The SMILES string of the molecule is COc1ccccc1NC(=O)/C(C#N)=C\c1ccc(-c2ccc(Cl)cc2)o1. The minimum absolute atomic E-state index is 0.0853. The number of anilines is 1. The minimum Gasteiger partial charge on any atom is -0.495 e. The van der Waals surface area contributed by atoms with Gasteiger partial charge in [0.2, 0.25) is 0 Å². The minimum atomic E-state index is -0.550. The van der Waals surface area contributed by atoms with Crippen LogP contribution in [0.1, 0.15) is 5.76 Å². The van der Waals surface area contributed by atoms with Gasteiger partial charge in [0.05, 0.1) is 12.8 Å². The van der Waals surface area contributed by atoms with E-state index in [0.29, 0.717) is 28.0 Å². The molecule has 0 aliphatic heterocycles. The van der Waals surface area contributed by atoms with E-state index in [2.05, 4.69) is 5.32 Å². The van der Waals surface area contributed by atoms with Crippen LogP contribution in [-0.2, 0) is 4.79 Å². The second-order valence-electron chi connectivity index (χ2n) is 5.53. The molecule has 0 fully saturated rings. The fourth-order valence-corrected chi connectivity index (χ4v) is 2.55. The van der Waals surface area contributed by atoms with Gasteiger partial charge in [-0.3, -0.25) is 4.79 Å². The number of rotatable bonds is 5. The maximum absolute atomic E-state index is 12.4. The second-order valence-corrected chi connectivity index (χ2v) is 5.97. The number of nitrogens with zero attached hydrogens (tertiary/aromatic N) is 1. The van der Waals surface area contributed by atoms with Gasteiger partial charge in [-0.05, 0) is 48.5 Å². The van der Waals surface area contributed by atoms with Crippen LogP contribution in [0.4, 0.5) is 5.69 Å².